The van der Waals surface area contributed by atoms with E-state index in [0.29, 0.717) is 24.2 Å². The average molecular weight is 425 g/mol. The van der Waals surface area contributed by atoms with Gasteiger partial charge in [0.1, 0.15) is 6.61 Å². The number of nitrogens with zero attached hydrogens (tertiary/aromatic N) is 2. The molecule has 1 saturated heterocycles. The maximum absolute atomic E-state index is 12.8. The van der Waals surface area contributed by atoms with E-state index in [0.717, 1.165) is 31.2 Å². The van der Waals surface area contributed by atoms with Crippen molar-refractivity contribution in [3.8, 4) is 6.07 Å². The van der Waals surface area contributed by atoms with Crippen LogP contribution in [0.1, 0.15) is 42.4 Å². The van der Waals surface area contributed by atoms with E-state index in [4.69, 9.17) is 10.00 Å². The van der Waals surface area contributed by atoms with Gasteiger partial charge in [-0.15, -0.1) is 0 Å². The van der Waals surface area contributed by atoms with Crippen molar-refractivity contribution in [2.45, 2.75) is 37.2 Å². The van der Waals surface area contributed by atoms with Crippen molar-refractivity contribution in [3.63, 3.8) is 0 Å². The van der Waals surface area contributed by atoms with Crippen LogP contribution in [-0.2, 0) is 26.2 Å². The molecule has 0 bridgehead atoms. The molecule has 3 rings (SSSR count). The molecule has 0 saturated carbocycles. The maximum Gasteiger partial charge on any atom is 0.331 e. The highest BCUT2D eigenvalue weighted by Gasteiger charge is 2.24. The van der Waals surface area contributed by atoms with Crippen LogP contribution in [0.15, 0.2) is 59.5 Å². The van der Waals surface area contributed by atoms with E-state index in [-0.39, 0.29) is 11.5 Å². The van der Waals surface area contributed by atoms with Crippen LogP contribution in [0.25, 0.3) is 6.08 Å². The van der Waals surface area contributed by atoms with Gasteiger partial charge in [0, 0.05) is 19.2 Å². The van der Waals surface area contributed by atoms with Crippen LogP contribution in [0.5, 0.6) is 0 Å². The minimum absolute atomic E-state index is 0.113. The van der Waals surface area contributed by atoms with Crippen molar-refractivity contribution in [1.82, 2.24) is 4.31 Å². The zero-order valence-electron chi connectivity index (χ0n) is 16.7. The number of benzene rings is 2. The zero-order chi connectivity index (χ0) is 21.4. The van der Waals surface area contributed by atoms with Gasteiger partial charge in [-0.05, 0) is 54.3 Å². The lowest BCUT2D eigenvalue weighted by Crippen LogP contribution is -2.31. The van der Waals surface area contributed by atoms with Crippen LogP contribution in [0.4, 0.5) is 0 Å². The molecule has 2 aromatic rings. The van der Waals surface area contributed by atoms with Gasteiger partial charge in [0.05, 0.1) is 16.5 Å². The first-order valence-electron chi connectivity index (χ1n) is 9.93. The van der Waals surface area contributed by atoms with Gasteiger partial charge >= 0.3 is 5.97 Å². The van der Waals surface area contributed by atoms with Crippen LogP contribution in [0.2, 0.25) is 0 Å². The Morgan fingerprint density at radius 3 is 2.23 bits per heavy atom. The van der Waals surface area contributed by atoms with Crippen LogP contribution in [0.3, 0.4) is 0 Å². The van der Waals surface area contributed by atoms with Crippen LogP contribution in [0, 0.1) is 11.3 Å². The van der Waals surface area contributed by atoms with Gasteiger partial charge in [-0.1, -0.05) is 37.1 Å². The molecular formula is C23H24N2O4S. The average Bonchev–Trinajstić information content (AvgIpc) is 3.07. The first kappa shape index (κ1) is 21.8. The molecule has 0 unspecified atom stereocenters. The molecule has 30 heavy (non-hydrogen) atoms. The van der Waals surface area contributed by atoms with Crippen molar-refractivity contribution < 1.29 is 17.9 Å². The Kier molecular flexibility index (Phi) is 7.39. The number of esters is 1. The summed E-state index contributed by atoms with van der Waals surface area (Å²) in [5, 5.41) is 8.78. The van der Waals surface area contributed by atoms with Crippen molar-refractivity contribution in [1.29, 1.82) is 5.26 Å². The Hall–Kier alpha value is -2.95. The van der Waals surface area contributed by atoms with Crippen LogP contribution in [-0.4, -0.2) is 31.8 Å². The molecule has 1 fully saturated rings. The summed E-state index contributed by atoms with van der Waals surface area (Å²) in [7, 11) is -3.48. The molecule has 0 amide bonds. The Morgan fingerprint density at radius 2 is 1.63 bits per heavy atom. The lowest BCUT2D eigenvalue weighted by molar-refractivity contribution is -0.138. The highest BCUT2D eigenvalue weighted by Crippen LogP contribution is 2.21. The van der Waals surface area contributed by atoms with Crippen LogP contribution < -0.4 is 0 Å². The van der Waals surface area contributed by atoms with Gasteiger partial charge in [0.25, 0.3) is 0 Å². The summed E-state index contributed by atoms with van der Waals surface area (Å²) in [6, 6.07) is 15.3. The quantitative estimate of drug-likeness (QED) is 0.519. The van der Waals surface area contributed by atoms with Crippen molar-refractivity contribution >= 4 is 22.1 Å². The van der Waals surface area contributed by atoms with Gasteiger partial charge < -0.3 is 4.74 Å². The number of nitriles is 1. The molecule has 2 aromatic carbocycles. The molecule has 0 radical (unpaired) electrons. The summed E-state index contributed by atoms with van der Waals surface area (Å²) >= 11 is 0. The molecule has 0 aliphatic carbocycles. The predicted molar refractivity (Wildman–Crippen MR) is 114 cm³/mol. The third-order valence-electron chi connectivity index (χ3n) is 4.96. The predicted octanol–water partition coefficient (Wildman–Crippen LogP) is 3.88. The van der Waals surface area contributed by atoms with E-state index in [1.165, 1.54) is 6.08 Å². The molecule has 0 aromatic heterocycles. The fraction of sp³-hybridized carbons (Fsp3) is 0.304. The Labute approximate surface area is 177 Å². The first-order chi connectivity index (χ1) is 14.5. The summed E-state index contributed by atoms with van der Waals surface area (Å²) in [6.07, 6.45) is 6.81. The number of ether oxygens (including phenoxy) is 1. The minimum atomic E-state index is -3.48. The van der Waals surface area contributed by atoms with E-state index >= 15 is 0 Å². The molecule has 1 heterocycles. The van der Waals surface area contributed by atoms with E-state index in [1.807, 2.05) is 6.07 Å². The van der Waals surface area contributed by atoms with Gasteiger partial charge in [0.15, 0.2) is 0 Å². The summed E-state index contributed by atoms with van der Waals surface area (Å²) < 4.78 is 32.3. The Morgan fingerprint density at radius 1 is 1.00 bits per heavy atom. The normalized spacial score (nSPS) is 15.4. The SMILES string of the molecule is N#Cc1ccc(COC(=O)C=Cc2ccc(S(=O)(=O)N3CCCCCC3)cc2)cc1. The number of carbonyl (C=O) groups excluding carboxylic acids is 1. The molecule has 0 N–H and O–H groups in total. The Balaban J connectivity index is 1.57. The smallest absolute Gasteiger partial charge is 0.331 e. The first-order valence-corrected chi connectivity index (χ1v) is 11.4. The standard InChI is InChI=1S/C23H24N2O4S/c24-17-20-5-7-21(8-6-20)18-29-23(26)14-11-19-9-12-22(13-10-19)30(27,28)25-15-3-1-2-4-16-25/h5-14H,1-4,15-16,18H2. The third-order valence-corrected chi connectivity index (χ3v) is 6.87. The molecule has 156 valence electrons. The molecule has 0 spiro atoms. The second kappa shape index (κ2) is 10.2. The number of carbonyl (C=O) groups is 1. The van der Waals surface area contributed by atoms with Gasteiger partial charge in [0.2, 0.25) is 10.0 Å². The summed E-state index contributed by atoms with van der Waals surface area (Å²) in [6.45, 7) is 1.24. The highest BCUT2D eigenvalue weighted by molar-refractivity contribution is 7.89. The molecule has 6 nitrogen and oxygen atoms in total. The third kappa shape index (κ3) is 5.78. The molecular weight excluding hydrogens is 400 g/mol. The van der Waals surface area contributed by atoms with Crippen molar-refractivity contribution in [2.24, 2.45) is 0 Å². The van der Waals surface area contributed by atoms with E-state index < -0.39 is 16.0 Å². The van der Waals surface area contributed by atoms with Gasteiger partial charge in [-0.2, -0.15) is 9.57 Å². The van der Waals surface area contributed by atoms with E-state index in [2.05, 4.69) is 0 Å². The second-order valence-electron chi connectivity index (χ2n) is 7.14. The second-order valence-corrected chi connectivity index (χ2v) is 9.08. The number of rotatable bonds is 6. The summed E-state index contributed by atoms with van der Waals surface area (Å²) in [4.78, 5) is 12.2. The minimum Gasteiger partial charge on any atom is -0.458 e. The van der Waals surface area contributed by atoms with Crippen molar-refractivity contribution in [2.75, 3.05) is 13.1 Å². The van der Waals surface area contributed by atoms with E-state index in [9.17, 15) is 13.2 Å². The Bertz CT molecular complexity index is 1030. The van der Waals surface area contributed by atoms with Gasteiger partial charge in [-0.3, -0.25) is 0 Å². The monoisotopic (exact) mass is 424 g/mol. The van der Waals surface area contributed by atoms with Crippen molar-refractivity contribution in [3.05, 3.63) is 71.3 Å². The fourth-order valence-electron chi connectivity index (χ4n) is 3.22. The number of hydrogen-bond acceptors (Lipinski definition) is 5. The largest absolute Gasteiger partial charge is 0.458 e. The molecule has 7 heteroatoms. The maximum atomic E-state index is 12.8. The molecule has 1 aliphatic heterocycles. The molecule has 1 aliphatic rings. The lowest BCUT2D eigenvalue weighted by Gasteiger charge is -2.19. The number of hydrogen-bond donors (Lipinski definition) is 0. The van der Waals surface area contributed by atoms with Gasteiger partial charge in [-0.25, -0.2) is 13.2 Å². The van der Waals surface area contributed by atoms with E-state index in [1.54, 1.807) is 58.9 Å². The fourth-order valence-corrected chi connectivity index (χ4v) is 4.74. The highest BCUT2D eigenvalue weighted by atomic mass is 32.2. The topological polar surface area (TPSA) is 87.5 Å². The summed E-state index contributed by atoms with van der Waals surface area (Å²) in [5.74, 6) is -0.499. The molecule has 0 atom stereocenters. The number of sulfonamides is 1. The lowest BCUT2D eigenvalue weighted by atomic mass is 10.2. The van der Waals surface area contributed by atoms with Crippen LogP contribution >= 0.6 is 0 Å². The zero-order valence-corrected chi connectivity index (χ0v) is 17.5. The summed E-state index contributed by atoms with van der Waals surface area (Å²) in [5.41, 5.74) is 2.05.